The van der Waals surface area contributed by atoms with Gasteiger partial charge in [0.15, 0.2) is 6.10 Å². The van der Waals surface area contributed by atoms with Crippen molar-refractivity contribution in [3.63, 3.8) is 0 Å². The molecule has 3 amide bonds. The quantitative estimate of drug-likeness (QED) is 0.823. The van der Waals surface area contributed by atoms with Crippen LogP contribution in [0.5, 0.6) is 5.75 Å². The second-order valence-electron chi connectivity index (χ2n) is 7.68. The third-order valence-corrected chi connectivity index (χ3v) is 5.03. The van der Waals surface area contributed by atoms with Gasteiger partial charge >= 0.3 is 0 Å². The van der Waals surface area contributed by atoms with Gasteiger partial charge in [0.2, 0.25) is 11.8 Å². The highest BCUT2D eigenvalue weighted by Gasteiger charge is 2.35. The molecule has 1 aliphatic heterocycles. The highest BCUT2D eigenvalue weighted by Crippen LogP contribution is 2.34. The summed E-state index contributed by atoms with van der Waals surface area (Å²) in [5.41, 5.74) is 2.57. The first-order chi connectivity index (χ1) is 14.3. The predicted molar refractivity (Wildman–Crippen MR) is 114 cm³/mol. The first-order valence-electron chi connectivity index (χ1n) is 9.87. The highest BCUT2D eigenvalue weighted by molar-refractivity contribution is 5.97. The van der Waals surface area contributed by atoms with Crippen LogP contribution in [0, 0.1) is 6.92 Å². The number of para-hydroxylation sites is 2. The number of amides is 3. The van der Waals surface area contributed by atoms with Crippen molar-refractivity contribution in [3.8, 4) is 5.75 Å². The molecular weight excluding hydrogens is 382 g/mol. The minimum Gasteiger partial charge on any atom is -0.476 e. The first kappa shape index (κ1) is 21.4. The first-order valence-corrected chi connectivity index (χ1v) is 9.87. The molecule has 1 N–H and O–H groups in total. The number of fused-ring (bicyclic) bond motifs is 1. The minimum atomic E-state index is -0.780. The standard InChI is InChI=1S/C23H27N3O4/c1-15-9-11-17(12-10-15)18(24-16(2)27)13-22(28)26-14-21(23(29)25(3)4)30-20-8-6-5-7-19(20)26/h5-12,18,21H,13-14H2,1-4H3,(H,24,27)/t18-,21-/m1/s1. The molecule has 0 radical (unpaired) electrons. The number of carbonyl (C=O) groups is 3. The number of ether oxygens (including phenoxy) is 1. The van der Waals surface area contributed by atoms with Gasteiger partial charge in [0.05, 0.1) is 24.7 Å². The predicted octanol–water partition coefficient (Wildman–Crippen LogP) is 2.44. The Bertz CT molecular complexity index is 940. The maximum atomic E-state index is 13.3. The number of benzene rings is 2. The monoisotopic (exact) mass is 409 g/mol. The van der Waals surface area contributed by atoms with Gasteiger partial charge in [-0.25, -0.2) is 0 Å². The summed E-state index contributed by atoms with van der Waals surface area (Å²) in [7, 11) is 3.31. The fraction of sp³-hybridized carbons (Fsp3) is 0.348. The van der Waals surface area contributed by atoms with Crippen molar-refractivity contribution in [1.29, 1.82) is 0 Å². The number of carbonyl (C=O) groups excluding carboxylic acids is 3. The second-order valence-corrected chi connectivity index (χ2v) is 7.68. The van der Waals surface area contributed by atoms with Crippen LogP contribution in [0.25, 0.3) is 0 Å². The second kappa shape index (κ2) is 8.98. The summed E-state index contributed by atoms with van der Waals surface area (Å²) in [4.78, 5) is 40.6. The molecule has 0 fully saturated rings. The molecule has 0 bridgehead atoms. The molecule has 0 saturated heterocycles. The van der Waals surface area contributed by atoms with E-state index < -0.39 is 12.1 Å². The number of anilines is 1. The molecule has 0 spiro atoms. The van der Waals surface area contributed by atoms with E-state index in [0.29, 0.717) is 11.4 Å². The number of hydrogen-bond acceptors (Lipinski definition) is 4. The number of hydrogen-bond donors (Lipinski definition) is 1. The van der Waals surface area contributed by atoms with Crippen molar-refractivity contribution in [3.05, 3.63) is 59.7 Å². The van der Waals surface area contributed by atoms with Crippen molar-refractivity contribution in [1.82, 2.24) is 10.2 Å². The van der Waals surface area contributed by atoms with E-state index in [-0.39, 0.29) is 30.7 Å². The van der Waals surface area contributed by atoms with E-state index in [2.05, 4.69) is 5.32 Å². The van der Waals surface area contributed by atoms with Gasteiger partial charge in [-0.15, -0.1) is 0 Å². The zero-order chi connectivity index (χ0) is 21.8. The van der Waals surface area contributed by atoms with Crippen molar-refractivity contribution in [2.24, 2.45) is 0 Å². The molecule has 7 heteroatoms. The molecule has 30 heavy (non-hydrogen) atoms. The number of likely N-dealkylation sites (N-methyl/N-ethyl adjacent to an activating group) is 1. The van der Waals surface area contributed by atoms with Crippen LogP contribution in [0.3, 0.4) is 0 Å². The lowest BCUT2D eigenvalue weighted by Crippen LogP contribution is -2.51. The summed E-state index contributed by atoms with van der Waals surface area (Å²) in [6.07, 6.45) is -0.711. The van der Waals surface area contributed by atoms with Gasteiger partial charge in [-0.2, -0.15) is 0 Å². The van der Waals surface area contributed by atoms with Crippen molar-refractivity contribution in [2.75, 3.05) is 25.5 Å². The maximum absolute atomic E-state index is 13.3. The van der Waals surface area contributed by atoms with Gasteiger partial charge in [-0.05, 0) is 24.6 Å². The molecular formula is C23H27N3O4. The molecule has 1 heterocycles. The number of rotatable bonds is 5. The van der Waals surface area contributed by atoms with E-state index in [4.69, 9.17) is 4.74 Å². The van der Waals surface area contributed by atoms with Gasteiger partial charge in [0.1, 0.15) is 5.75 Å². The Morgan fingerprint density at radius 2 is 1.80 bits per heavy atom. The summed E-state index contributed by atoms with van der Waals surface area (Å²) >= 11 is 0. The third kappa shape index (κ3) is 4.79. The Kier molecular flexibility index (Phi) is 6.40. The molecule has 0 unspecified atom stereocenters. The van der Waals surface area contributed by atoms with E-state index in [1.165, 1.54) is 11.8 Å². The molecule has 1 aliphatic rings. The summed E-state index contributed by atoms with van der Waals surface area (Å²) < 4.78 is 5.85. The number of aryl methyl sites for hydroxylation is 1. The Balaban J connectivity index is 1.88. The van der Waals surface area contributed by atoms with Crippen molar-refractivity contribution in [2.45, 2.75) is 32.4 Å². The highest BCUT2D eigenvalue weighted by atomic mass is 16.5. The summed E-state index contributed by atoms with van der Waals surface area (Å²) in [6, 6.07) is 14.4. The van der Waals surface area contributed by atoms with E-state index in [1.807, 2.05) is 37.3 Å². The van der Waals surface area contributed by atoms with Gasteiger partial charge in [-0.3, -0.25) is 14.4 Å². The minimum absolute atomic E-state index is 0.0693. The zero-order valence-electron chi connectivity index (χ0n) is 17.7. The van der Waals surface area contributed by atoms with Crippen LogP contribution < -0.4 is 15.0 Å². The van der Waals surface area contributed by atoms with Crippen LogP contribution in [0.2, 0.25) is 0 Å². The van der Waals surface area contributed by atoms with Crippen LogP contribution >= 0.6 is 0 Å². The molecule has 0 aliphatic carbocycles. The van der Waals surface area contributed by atoms with Gasteiger partial charge in [-0.1, -0.05) is 42.0 Å². The Hall–Kier alpha value is -3.35. The normalized spacial score (nSPS) is 16.1. The van der Waals surface area contributed by atoms with Crippen LogP contribution in [-0.2, 0) is 14.4 Å². The van der Waals surface area contributed by atoms with Gasteiger partial charge in [0, 0.05) is 21.0 Å². The van der Waals surface area contributed by atoms with Gasteiger partial charge in [0.25, 0.3) is 5.91 Å². The maximum Gasteiger partial charge on any atom is 0.265 e. The summed E-state index contributed by atoms with van der Waals surface area (Å²) in [5, 5.41) is 2.87. The molecule has 2 atom stereocenters. The van der Waals surface area contributed by atoms with Crippen LogP contribution in [-0.4, -0.2) is 49.4 Å². The average molecular weight is 409 g/mol. The summed E-state index contributed by atoms with van der Waals surface area (Å²) in [6.45, 7) is 3.53. The zero-order valence-corrected chi connectivity index (χ0v) is 17.7. The molecule has 7 nitrogen and oxygen atoms in total. The van der Waals surface area contributed by atoms with E-state index in [1.54, 1.807) is 37.2 Å². The van der Waals surface area contributed by atoms with Crippen LogP contribution in [0.15, 0.2) is 48.5 Å². The fourth-order valence-corrected chi connectivity index (χ4v) is 3.47. The van der Waals surface area contributed by atoms with E-state index in [0.717, 1.165) is 11.1 Å². The largest absolute Gasteiger partial charge is 0.476 e. The van der Waals surface area contributed by atoms with Gasteiger partial charge < -0.3 is 19.9 Å². The smallest absolute Gasteiger partial charge is 0.265 e. The number of nitrogens with one attached hydrogen (secondary N) is 1. The summed E-state index contributed by atoms with van der Waals surface area (Å²) in [5.74, 6) is -0.124. The van der Waals surface area contributed by atoms with Crippen molar-refractivity contribution < 1.29 is 19.1 Å². The van der Waals surface area contributed by atoms with Crippen LogP contribution in [0.1, 0.15) is 30.5 Å². The molecule has 3 rings (SSSR count). The SMILES string of the molecule is CC(=O)N[C@H](CC(=O)N1C[C@H](C(=O)N(C)C)Oc2ccccc21)c1ccc(C)cc1. The van der Waals surface area contributed by atoms with Crippen molar-refractivity contribution >= 4 is 23.4 Å². The topological polar surface area (TPSA) is 79.0 Å². The molecule has 2 aromatic carbocycles. The lowest BCUT2D eigenvalue weighted by molar-refractivity contribution is -0.136. The Morgan fingerprint density at radius 3 is 2.43 bits per heavy atom. The van der Waals surface area contributed by atoms with Crippen LogP contribution in [0.4, 0.5) is 5.69 Å². The molecule has 158 valence electrons. The third-order valence-electron chi connectivity index (χ3n) is 5.03. The lowest BCUT2D eigenvalue weighted by atomic mass is 10.0. The van der Waals surface area contributed by atoms with E-state index in [9.17, 15) is 14.4 Å². The Labute approximate surface area is 176 Å². The Morgan fingerprint density at radius 1 is 1.13 bits per heavy atom. The number of nitrogens with zero attached hydrogens (tertiary/aromatic N) is 2. The average Bonchev–Trinajstić information content (AvgIpc) is 2.72. The fourth-order valence-electron chi connectivity index (χ4n) is 3.47. The van der Waals surface area contributed by atoms with E-state index >= 15 is 0 Å². The molecule has 0 saturated carbocycles. The molecule has 0 aromatic heterocycles. The molecule has 2 aromatic rings. The lowest BCUT2D eigenvalue weighted by Gasteiger charge is -2.35.